The van der Waals surface area contributed by atoms with Gasteiger partial charge in [-0.2, -0.15) is 0 Å². The molecule has 12 heteroatoms. The van der Waals surface area contributed by atoms with Crippen molar-refractivity contribution in [2.75, 3.05) is 0 Å². The van der Waals surface area contributed by atoms with E-state index in [1.54, 1.807) is 121 Å². The van der Waals surface area contributed by atoms with E-state index in [1.807, 2.05) is 95.2 Å². The predicted octanol–water partition coefficient (Wildman–Crippen LogP) is 17.6. The van der Waals surface area contributed by atoms with E-state index >= 15 is 0 Å². The first-order valence-corrected chi connectivity index (χ1v) is 30.4. The Morgan fingerprint density at radius 2 is 0.477 bits per heavy atom. The van der Waals surface area contributed by atoms with Crippen LogP contribution >= 0.6 is 0 Å². The number of benzene rings is 8. The number of fused-ring (bicyclic) bond motifs is 8. The molecule has 8 bridgehead atoms. The van der Waals surface area contributed by atoms with E-state index in [0.29, 0.717) is 70.2 Å². The molecule has 1 aliphatic carbocycles. The molecule has 0 fully saturated rings. The molecule has 0 saturated heterocycles. The van der Waals surface area contributed by atoms with Crippen LogP contribution in [0.1, 0.15) is 213 Å². The summed E-state index contributed by atoms with van der Waals surface area (Å²) in [6.07, 6.45) is 1.37. The van der Waals surface area contributed by atoms with Crippen LogP contribution in [-0.2, 0) is 0 Å². The van der Waals surface area contributed by atoms with Crippen LogP contribution in [0.2, 0.25) is 0 Å². The first-order valence-electron chi connectivity index (χ1n) is 30.4. The zero-order valence-corrected chi connectivity index (χ0v) is 52.4. The molecule has 0 aromatic heterocycles. The minimum absolute atomic E-state index is 0.0298. The molecular formula is C76H80O12. The Morgan fingerprint density at radius 1 is 0.295 bits per heavy atom. The Bertz CT molecular complexity index is 3380. The first kappa shape index (κ1) is 63.3. The lowest BCUT2D eigenvalue weighted by Gasteiger charge is -2.31. The van der Waals surface area contributed by atoms with Gasteiger partial charge in [-0.15, -0.1) is 0 Å². The molecule has 1 aliphatic rings. The summed E-state index contributed by atoms with van der Waals surface area (Å²) < 4.78 is 26.2. The van der Waals surface area contributed by atoms with Crippen LogP contribution in [0.3, 0.4) is 0 Å². The number of phenols is 4. The zero-order chi connectivity index (χ0) is 63.4. The normalized spacial score (nSPS) is 15.5. The quantitative estimate of drug-likeness (QED) is 0.0531. The molecule has 4 N–H and O–H groups in total. The van der Waals surface area contributed by atoms with Gasteiger partial charge in [-0.1, -0.05) is 126 Å². The van der Waals surface area contributed by atoms with Crippen LogP contribution < -0.4 is 18.9 Å². The van der Waals surface area contributed by atoms with Crippen molar-refractivity contribution in [1.82, 2.24) is 0 Å². The molecule has 12 nitrogen and oxygen atoms in total. The molecule has 0 saturated carbocycles. The number of aryl methyl sites for hydroxylation is 4. The number of esters is 4. The number of hydrogen-bond donors (Lipinski definition) is 4. The summed E-state index contributed by atoms with van der Waals surface area (Å²) in [6.45, 7) is 23.9. The number of ether oxygens (including phenoxy) is 4. The van der Waals surface area contributed by atoms with Crippen molar-refractivity contribution >= 4 is 23.9 Å². The van der Waals surface area contributed by atoms with Crippen LogP contribution in [0.15, 0.2) is 146 Å². The van der Waals surface area contributed by atoms with Crippen molar-refractivity contribution in [3.8, 4) is 46.0 Å². The van der Waals surface area contributed by atoms with E-state index in [0.717, 1.165) is 22.3 Å². The number of hydrogen-bond acceptors (Lipinski definition) is 12. The molecule has 0 amide bonds. The fourth-order valence-corrected chi connectivity index (χ4v) is 11.9. The molecule has 88 heavy (non-hydrogen) atoms. The van der Waals surface area contributed by atoms with Gasteiger partial charge in [-0.05, 0) is 150 Å². The van der Waals surface area contributed by atoms with Gasteiger partial charge < -0.3 is 39.4 Å². The molecule has 4 atom stereocenters. The second kappa shape index (κ2) is 26.8. The molecule has 8 aromatic carbocycles. The van der Waals surface area contributed by atoms with Gasteiger partial charge in [-0.3, -0.25) is 0 Å². The molecule has 0 unspecified atom stereocenters. The Kier molecular flexibility index (Phi) is 19.3. The maximum absolute atomic E-state index is 14.6. The number of carbonyl (C=O) groups is 4. The van der Waals surface area contributed by atoms with Crippen LogP contribution in [-0.4, -0.2) is 44.3 Å². The number of aromatic hydroxyl groups is 4. The van der Waals surface area contributed by atoms with Gasteiger partial charge in [0.05, 0.1) is 22.3 Å². The fraction of sp³-hybridized carbons (Fsp3) is 0.316. The van der Waals surface area contributed by atoms with Crippen molar-refractivity contribution < 1.29 is 58.6 Å². The van der Waals surface area contributed by atoms with Crippen molar-refractivity contribution in [1.29, 1.82) is 0 Å². The molecule has 0 spiro atoms. The average molecular weight is 1190 g/mol. The van der Waals surface area contributed by atoms with Crippen LogP contribution in [0.4, 0.5) is 0 Å². The molecule has 0 heterocycles. The molecule has 456 valence electrons. The lowest BCUT2D eigenvalue weighted by atomic mass is 9.75. The summed E-state index contributed by atoms with van der Waals surface area (Å²) in [5.41, 5.74) is 7.88. The summed E-state index contributed by atoms with van der Waals surface area (Å²) in [7, 11) is 0. The van der Waals surface area contributed by atoms with Gasteiger partial charge in [-0.25, -0.2) is 19.2 Å². The van der Waals surface area contributed by atoms with Gasteiger partial charge in [0.1, 0.15) is 46.0 Å². The lowest BCUT2D eigenvalue weighted by molar-refractivity contribution is 0.0710. The van der Waals surface area contributed by atoms with Crippen LogP contribution in [0, 0.1) is 51.4 Å². The molecule has 8 aromatic rings. The lowest BCUT2D eigenvalue weighted by Crippen LogP contribution is -2.19. The predicted molar refractivity (Wildman–Crippen MR) is 342 cm³/mol. The van der Waals surface area contributed by atoms with Crippen molar-refractivity contribution in [3.63, 3.8) is 0 Å². The Balaban J connectivity index is 1.44. The van der Waals surface area contributed by atoms with E-state index in [-0.39, 0.29) is 91.9 Å². The van der Waals surface area contributed by atoms with Crippen molar-refractivity contribution in [2.45, 2.75) is 132 Å². The van der Waals surface area contributed by atoms with E-state index in [2.05, 4.69) is 0 Å². The second-order valence-electron chi connectivity index (χ2n) is 25.5. The third-order valence-corrected chi connectivity index (χ3v) is 16.4. The van der Waals surface area contributed by atoms with Gasteiger partial charge in [0.15, 0.2) is 0 Å². The van der Waals surface area contributed by atoms with E-state index in [1.165, 1.54) is 12.1 Å². The fourth-order valence-electron chi connectivity index (χ4n) is 11.9. The average Bonchev–Trinajstić information content (AvgIpc) is 0.926. The molecule has 0 aliphatic heterocycles. The highest BCUT2D eigenvalue weighted by Gasteiger charge is 2.37. The highest BCUT2D eigenvalue weighted by Crippen LogP contribution is 2.54. The molecule has 9 rings (SSSR count). The second-order valence-corrected chi connectivity index (χ2v) is 25.5. The Hall–Kier alpha value is -9.16. The minimum atomic E-state index is -0.814. The van der Waals surface area contributed by atoms with Gasteiger partial charge in [0.25, 0.3) is 0 Å². The standard InChI is InChI=1S/C76H80O12/c1-41(2)29-53-57-33-58(66(78)37-65(57)77)54(30-42(3)4)63-36-64(72(88-76(84)52-27-19-48(12)20-28-52)40-71(63)87-75(83)51-25-17-47(11)18-26-51)56(32-44(7)8)60-34-59(67(79)38-68(60)80)55(31-43(5)6)62-35-61(53)69(85-73(81)49-21-13-45(9)14-22-49)39-70(62)86-74(82)50-23-15-46(10)16-24-50/h13-28,33-44,53-56,77-80H,29-32H2,1-12H3/t53-,54+,55+,56-. The number of phenolic OH excluding ortho intramolecular Hbond substituents is 4. The van der Waals surface area contributed by atoms with E-state index in [4.69, 9.17) is 18.9 Å². The number of rotatable bonds is 16. The number of carbonyl (C=O) groups excluding carboxylic acids is 4. The van der Waals surface area contributed by atoms with Crippen molar-refractivity contribution in [3.05, 3.63) is 235 Å². The Labute approximate surface area is 516 Å². The minimum Gasteiger partial charge on any atom is -0.508 e. The smallest absolute Gasteiger partial charge is 0.343 e. The first-order chi connectivity index (χ1) is 41.8. The summed E-state index contributed by atoms with van der Waals surface area (Å²) in [5.74, 6) is -7.30. The highest BCUT2D eigenvalue weighted by atomic mass is 16.6. The monoisotopic (exact) mass is 1180 g/mol. The summed E-state index contributed by atoms with van der Waals surface area (Å²) >= 11 is 0. The third-order valence-electron chi connectivity index (χ3n) is 16.4. The maximum atomic E-state index is 14.6. The SMILES string of the molecule is Cc1ccc(C(=O)Oc2cc(OC(=O)c3ccc(C)cc3)c3cc2[C@H](CC(C)C)c2cc(c(O)cc2O)[C@H](CC(C)C)c2cc(c(OC(=O)c4ccc(C)cc4)cc2OC(=O)c2ccc(C)cc2)[C@H](CC(C)C)c2cc(c(O)cc2O)[C@@H]3CC(C)C)cc1. The van der Waals surface area contributed by atoms with Gasteiger partial charge in [0.2, 0.25) is 0 Å². The van der Waals surface area contributed by atoms with E-state index in [9.17, 15) is 39.6 Å². The summed E-state index contributed by atoms with van der Waals surface area (Å²) in [4.78, 5) is 58.5. The third kappa shape index (κ3) is 14.5. The zero-order valence-electron chi connectivity index (χ0n) is 52.4. The molecule has 0 radical (unpaired) electrons. The van der Waals surface area contributed by atoms with Crippen LogP contribution in [0.25, 0.3) is 0 Å². The van der Waals surface area contributed by atoms with Gasteiger partial charge >= 0.3 is 23.9 Å². The summed E-state index contributed by atoms with van der Waals surface area (Å²) in [6, 6.07) is 40.7. The van der Waals surface area contributed by atoms with Crippen molar-refractivity contribution in [2.24, 2.45) is 23.7 Å². The largest absolute Gasteiger partial charge is 0.508 e. The van der Waals surface area contributed by atoms with Crippen LogP contribution in [0.5, 0.6) is 46.0 Å². The van der Waals surface area contributed by atoms with Gasteiger partial charge in [0, 0.05) is 92.4 Å². The highest BCUT2D eigenvalue weighted by molar-refractivity contribution is 5.94. The van der Waals surface area contributed by atoms with E-state index < -0.39 is 47.5 Å². The Morgan fingerprint density at radius 3 is 0.659 bits per heavy atom. The molecular weight excluding hydrogens is 1100 g/mol. The summed E-state index contributed by atoms with van der Waals surface area (Å²) in [5, 5.41) is 50.1. The topological polar surface area (TPSA) is 186 Å². The maximum Gasteiger partial charge on any atom is 0.343 e.